The highest BCUT2D eigenvalue weighted by Gasteiger charge is 2.56. The maximum atomic E-state index is 13.5. The molecule has 3 aliphatic rings. The number of allylic oxidation sites excluding steroid dienone is 1. The fourth-order valence-electron chi connectivity index (χ4n) is 4.28. The molecule has 2 aromatic carbocycles. The van der Waals surface area contributed by atoms with Crippen molar-refractivity contribution in [1.82, 2.24) is 9.80 Å². The Morgan fingerprint density at radius 3 is 2.24 bits per heavy atom. The average Bonchev–Trinajstić information content (AvgIpc) is 2.88. The zero-order valence-electron chi connectivity index (χ0n) is 18.0. The zero-order chi connectivity index (χ0) is 22.8. The van der Waals surface area contributed by atoms with E-state index in [1.807, 2.05) is 65.6 Å². The van der Waals surface area contributed by atoms with E-state index in [2.05, 4.69) is 6.58 Å². The molecule has 5 rings (SSSR count). The van der Waals surface area contributed by atoms with Gasteiger partial charge in [0.2, 0.25) is 5.91 Å². The Labute approximate surface area is 196 Å². The number of carbonyl (C=O) groups is 2. The van der Waals surface area contributed by atoms with Gasteiger partial charge in [0.05, 0.1) is 0 Å². The number of benzene rings is 2. The number of β-lactam (4-membered cyclic amide) rings is 1. The van der Waals surface area contributed by atoms with Gasteiger partial charge in [0, 0.05) is 5.75 Å². The monoisotopic (exact) mass is 464 g/mol. The number of fused-ring (bicyclic) bond motifs is 1. The maximum Gasteiger partial charge on any atom is 0.356 e. The first-order chi connectivity index (χ1) is 16.2. The molecule has 2 saturated heterocycles. The van der Waals surface area contributed by atoms with Crippen LogP contribution in [0.2, 0.25) is 0 Å². The summed E-state index contributed by atoms with van der Waals surface area (Å²) in [6, 6.07) is 18.8. The molecule has 0 saturated carbocycles. The van der Waals surface area contributed by atoms with Crippen LogP contribution in [0.1, 0.15) is 17.2 Å². The standard InChI is InChI=1S/C25H24N2O5S/c1-2-17-13-33-24-21(26-14-30-16-31-15-26)23(28)27(24)20(17)25(29)32-22(18-9-5-3-6-10-18)19-11-7-4-8-12-19/h2-12,21-22,24H,1,13-16H2/t21-,24-/m1/s1. The van der Waals surface area contributed by atoms with Crippen molar-refractivity contribution in [2.45, 2.75) is 17.5 Å². The first-order valence-electron chi connectivity index (χ1n) is 10.7. The van der Waals surface area contributed by atoms with Crippen molar-refractivity contribution in [2.75, 3.05) is 26.0 Å². The highest BCUT2D eigenvalue weighted by molar-refractivity contribution is 8.00. The van der Waals surface area contributed by atoms with E-state index < -0.39 is 18.1 Å². The third-order valence-electron chi connectivity index (χ3n) is 5.91. The molecule has 0 radical (unpaired) electrons. The molecule has 2 atom stereocenters. The van der Waals surface area contributed by atoms with Gasteiger partial charge in [0.25, 0.3) is 0 Å². The fraction of sp³-hybridized carbons (Fsp3) is 0.280. The lowest BCUT2D eigenvalue weighted by Crippen LogP contribution is -2.71. The van der Waals surface area contributed by atoms with Crippen LogP contribution in [0.5, 0.6) is 0 Å². The predicted octanol–water partition coefficient (Wildman–Crippen LogP) is 3.26. The predicted molar refractivity (Wildman–Crippen MR) is 124 cm³/mol. The van der Waals surface area contributed by atoms with E-state index in [4.69, 9.17) is 14.2 Å². The highest BCUT2D eigenvalue weighted by atomic mass is 32.2. The second kappa shape index (κ2) is 9.52. The molecule has 0 aromatic heterocycles. The molecular formula is C25H24N2O5S. The first-order valence-corrected chi connectivity index (χ1v) is 11.7. The van der Waals surface area contributed by atoms with E-state index >= 15 is 0 Å². The zero-order valence-corrected chi connectivity index (χ0v) is 18.8. The van der Waals surface area contributed by atoms with Gasteiger partial charge in [-0.2, -0.15) is 0 Å². The summed E-state index contributed by atoms with van der Waals surface area (Å²) in [5.74, 6) is -0.134. The number of nitrogens with zero attached hydrogens (tertiary/aromatic N) is 2. The van der Waals surface area contributed by atoms with Crippen LogP contribution in [0, 0.1) is 0 Å². The van der Waals surface area contributed by atoms with Crippen LogP contribution in [0.15, 0.2) is 84.6 Å². The highest BCUT2D eigenvalue weighted by Crippen LogP contribution is 2.43. The van der Waals surface area contributed by atoms with Crippen molar-refractivity contribution in [2.24, 2.45) is 0 Å². The Morgan fingerprint density at radius 2 is 1.67 bits per heavy atom. The second-order valence-corrected chi connectivity index (χ2v) is 9.02. The third kappa shape index (κ3) is 4.11. The van der Waals surface area contributed by atoms with Crippen LogP contribution >= 0.6 is 11.8 Å². The summed E-state index contributed by atoms with van der Waals surface area (Å²) in [5.41, 5.74) is 2.68. The molecule has 3 aliphatic heterocycles. The SMILES string of the molecule is C=CC1=C(C(=O)OC(c2ccccc2)c2ccccc2)N2C(=O)[C@@H](N3COCOC3)[C@H]2SC1. The number of hydrogen-bond donors (Lipinski definition) is 0. The van der Waals surface area contributed by atoms with E-state index in [1.165, 1.54) is 0 Å². The van der Waals surface area contributed by atoms with Crippen molar-refractivity contribution in [1.29, 1.82) is 0 Å². The van der Waals surface area contributed by atoms with Crippen LogP contribution < -0.4 is 0 Å². The number of thioether (sulfide) groups is 1. The van der Waals surface area contributed by atoms with Gasteiger partial charge in [-0.3, -0.25) is 9.69 Å². The molecule has 2 aromatic rings. The number of hydrogen-bond acceptors (Lipinski definition) is 7. The van der Waals surface area contributed by atoms with Crippen LogP contribution in [0.4, 0.5) is 0 Å². The molecule has 7 nitrogen and oxygen atoms in total. The van der Waals surface area contributed by atoms with Crippen molar-refractivity contribution in [3.63, 3.8) is 0 Å². The van der Waals surface area contributed by atoms with Gasteiger partial charge in [-0.05, 0) is 16.7 Å². The van der Waals surface area contributed by atoms with E-state index in [1.54, 1.807) is 22.7 Å². The maximum absolute atomic E-state index is 13.5. The largest absolute Gasteiger partial charge is 0.448 e. The minimum atomic E-state index is -0.595. The topological polar surface area (TPSA) is 68.3 Å². The lowest BCUT2D eigenvalue weighted by molar-refractivity contribution is -0.211. The van der Waals surface area contributed by atoms with Crippen molar-refractivity contribution < 1.29 is 23.8 Å². The molecule has 0 unspecified atom stereocenters. The van der Waals surface area contributed by atoms with E-state index in [0.29, 0.717) is 24.8 Å². The van der Waals surface area contributed by atoms with Gasteiger partial charge < -0.3 is 14.2 Å². The number of rotatable bonds is 6. The van der Waals surface area contributed by atoms with Crippen molar-refractivity contribution >= 4 is 23.6 Å². The van der Waals surface area contributed by atoms with Gasteiger partial charge in [-0.25, -0.2) is 9.69 Å². The molecule has 3 heterocycles. The number of carbonyl (C=O) groups excluding carboxylic acids is 2. The molecule has 1 amide bonds. The summed E-state index contributed by atoms with van der Waals surface area (Å²) in [6.45, 7) is 4.73. The van der Waals surface area contributed by atoms with E-state index in [9.17, 15) is 9.59 Å². The Bertz CT molecular complexity index is 1030. The molecule has 33 heavy (non-hydrogen) atoms. The van der Waals surface area contributed by atoms with E-state index in [0.717, 1.165) is 11.1 Å². The molecule has 170 valence electrons. The molecule has 2 fully saturated rings. The van der Waals surface area contributed by atoms with Gasteiger partial charge in [-0.1, -0.05) is 73.3 Å². The van der Waals surface area contributed by atoms with Gasteiger partial charge in [0.15, 0.2) is 6.10 Å². The quantitative estimate of drug-likeness (QED) is 0.480. The molecule has 0 N–H and O–H groups in total. The van der Waals surface area contributed by atoms with Crippen LogP contribution in [0.3, 0.4) is 0 Å². The lowest BCUT2D eigenvalue weighted by Gasteiger charge is -2.53. The first kappa shape index (κ1) is 21.9. The normalized spacial score (nSPS) is 23.2. The smallest absolute Gasteiger partial charge is 0.356 e. The van der Waals surface area contributed by atoms with Crippen molar-refractivity contribution in [3.8, 4) is 0 Å². The summed E-state index contributed by atoms with van der Waals surface area (Å²) in [6.07, 6.45) is 1.04. The number of esters is 1. The van der Waals surface area contributed by atoms with Crippen molar-refractivity contribution in [3.05, 3.63) is 95.7 Å². The Hall–Kier alpha value is -2.91. The third-order valence-corrected chi connectivity index (χ3v) is 7.20. The van der Waals surface area contributed by atoms with Gasteiger partial charge in [-0.15, -0.1) is 11.8 Å². The Morgan fingerprint density at radius 1 is 1.06 bits per heavy atom. The van der Waals surface area contributed by atoms with Gasteiger partial charge in [0.1, 0.15) is 37.4 Å². The molecule has 8 heteroatoms. The number of ether oxygens (including phenoxy) is 3. The van der Waals surface area contributed by atoms with E-state index in [-0.39, 0.29) is 23.8 Å². The molecular weight excluding hydrogens is 440 g/mol. The minimum Gasteiger partial charge on any atom is -0.448 e. The number of amides is 1. The summed E-state index contributed by atoms with van der Waals surface area (Å²) in [4.78, 5) is 30.1. The Kier molecular flexibility index (Phi) is 6.32. The Balaban J connectivity index is 1.43. The summed E-state index contributed by atoms with van der Waals surface area (Å²) in [7, 11) is 0. The van der Waals surface area contributed by atoms with Crippen LogP contribution in [-0.2, 0) is 23.8 Å². The van der Waals surface area contributed by atoms with Crippen LogP contribution in [-0.4, -0.2) is 59.1 Å². The molecule has 0 bridgehead atoms. The summed E-state index contributed by atoms with van der Waals surface area (Å²) < 4.78 is 16.7. The summed E-state index contributed by atoms with van der Waals surface area (Å²) >= 11 is 1.60. The average molecular weight is 465 g/mol. The lowest BCUT2D eigenvalue weighted by atomic mass is 10.00. The second-order valence-electron chi connectivity index (χ2n) is 7.91. The minimum absolute atomic E-state index is 0.163. The van der Waals surface area contributed by atoms with Crippen LogP contribution in [0.25, 0.3) is 0 Å². The summed E-state index contributed by atoms with van der Waals surface area (Å²) in [5, 5.41) is -0.207. The molecule has 0 spiro atoms. The van der Waals surface area contributed by atoms with Gasteiger partial charge >= 0.3 is 5.97 Å². The molecule has 0 aliphatic carbocycles. The fourth-order valence-corrected chi connectivity index (χ4v) is 5.72.